The first kappa shape index (κ1) is 25.1. The molecule has 1 unspecified atom stereocenters. The summed E-state index contributed by atoms with van der Waals surface area (Å²) in [5.41, 5.74) is 0.168. The van der Waals surface area contributed by atoms with Crippen LogP contribution >= 0.6 is 0 Å². The molecule has 1 atom stereocenters. The molecule has 1 aromatic rings. The van der Waals surface area contributed by atoms with Crippen molar-refractivity contribution >= 4 is 21.8 Å². The van der Waals surface area contributed by atoms with Gasteiger partial charge in [-0.25, -0.2) is 8.42 Å². The maximum absolute atomic E-state index is 12.8. The number of likely N-dealkylation sites (N-methyl/N-ethyl adjacent to an activating group) is 1. The Hall–Kier alpha value is -1.97. The smallest absolute Gasteiger partial charge is 0.251 e. The zero-order valence-electron chi connectivity index (χ0n) is 17.9. The number of sulfonamides is 1. The van der Waals surface area contributed by atoms with Gasteiger partial charge in [0.1, 0.15) is 6.04 Å². The summed E-state index contributed by atoms with van der Waals surface area (Å²) in [6.45, 7) is 10.0. The van der Waals surface area contributed by atoms with Crippen LogP contribution < -0.4 is 5.32 Å². The molecule has 29 heavy (non-hydrogen) atoms. The Labute approximate surface area is 173 Å². The lowest BCUT2D eigenvalue weighted by atomic mass is 10.0. The van der Waals surface area contributed by atoms with Gasteiger partial charge in [0.15, 0.2) is 0 Å². The minimum absolute atomic E-state index is 0.0386. The standard InChI is InChI=1S/C20H33N3O5S/c1-6-22(12-13-24)20(26)18(15(4)5)21-19(25)16-10-9-11-17(14-16)29(27,28)23(7-2)8-3/h9-11,14-15,18,24H,6-8,12-13H2,1-5H3,(H,21,25). The third kappa shape index (κ3) is 6.25. The van der Waals surface area contributed by atoms with Crippen molar-refractivity contribution in [3.63, 3.8) is 0 Å². The van der Waals surface area contributed by atoms with Crippen molar-refractivity contribution in [1.82, 2.24) is 14.5 Å². The van der Waals surface area contributed by atoms with E-state index in [4.69, 9.17) is 5.11 Å². The van der Waals surface area contributed by atoms with E-state index in [1.54, 1.807) is 20.8 Å². The Bertz CT molecular complexity index is 791. The largest absolute Gasteiger partial charge is 0.395 e. The van der Waals surface area contributed by atoms with Crippen LogP contribution in [0.4, 0.5) is 0 Å². The molecule has 2 N–H and O–H groups in total. The van der Waals surface area contributed by atoms with Crippen LogP contribution in [0, 0.1) is 5.92 Å². The molecule has 8 nitrogen and oxygen atoms in total. The monoisotopic (exact) mass is 427 g/mol. The molecule has 0 radical (unpaired) electrons. The van der Waals surface area contributed by atoms with Gasteiger partial charge in [-0.05, 0) is 31.0 Å². The maximum atomic E-state index is 12.8. The number of carbonyl (C=O) groups is 2. The van der Waals surface area contributed by atoms with Crippen LogP contribution in [-0.4, -0.2) is 73.4 Å². The molecule has 164 valence electrons. The second-order valence-electron chi connectivity index (χ2n) is 6.95. The highest BCUT2D eigenvalue weighted by Gasteiger charge is 2.29. The SMILES string of the molecule is CCN(CCO)C(=O)C(NC(=O)c1cccc(S(=O)(=O)N(CC)CC)c1)C(C)C. The number of benzene rings is 1. The molecule has 0 heterocycles. The quantitative estimate of drug-likeness (QED) is 0.554. The van der Waals surface area contributed by atoms with Crippen LogP contribution in [-0.2, 0) is 14.8 Å². The van der Waals surface area contributed by atoms with Crippen molar-refractivity contribution in [2.75, 3.05) is 32.8 Å². The first-order chi connectivity index (χ1) is 13.6. The number of rotatable bonds is 11. The zero-order chi connectivity index (χ0) is 22.2. The molecule has 0 aliphatic carbocycles. The highest BCUT2D eigenvalue weighted by Crippen LogP contribution is 2.17. The van der Waals surface area contributed by atoms with Crippen LogP contribution in [0.3, 0.4) is 0 Å². The van der Waals surface area contributed by atoms with Gasteiger partial charge < -0.3 is 15.3 Å². The zero-order valence-corrected chi connectivity index (χ0v) is 18.7. The third-order valence-electron chi connectivity index (χ3n) is 4.72. The lowest BCUT2D eigenvalue weighted by Crippen LogP contribution is -2.51. The summed E-state index contributed by atoms with van der Waals surface area (Å²) in [6, 6.07) is 5.04. The molecule has 0 fully saturated rings. The second-order valence-corrected chi connectivity index (χ2v) is 8.89. The highest BCUT2D eigenvalue weighted by molar-refractivity contribution is 7.89. The summed E-state index contributed by atoms with van der Waals surface area (Å²) in [4.78, 5) is 27.1. The Balaban J connectivity index is 3.13. The summed E-state index contributed by atoms with van der Waals surface area (Å²) in [6.07, 6.45) is 0. The molecular weight excluding hydrogens is 394 g/mol. The predicted molar refractivity (Wildman–Crippen MR) is 112 cm³/mol. The van der Waals surface area contributed by atoms with Crippen molar-refractivity contribution in [2.24, 2.45) is 5.92 Å². The van der Waals surface area contributed by atoms with Gasteiger partial charge in [-0.3, -0.25) is 9.59 Å². The molecule has 0 aliphatic rings. The Morgan fingerprint density at radius 1 is 1.10 bits per heavy atom. The van der Waals surface area contributed by atoms with Crippen LogP contribution in [0.15, 0.2) is 29.2 Å². The van der Waals surface area contributed by atoms with E-state index in [-0.39, 0.29) is 35.4 Å². The van der Waals surface area contributed by atoms with Crippen LogP contribution in [0.25, 0.3) is 0 Å². The average Bonchev–Trinajstić information content (AvgIpc) is 2.70. The summed E-state index contributed by atoms with van der Waals surface area (Å²) in [7, 11) is -3.69. The van der Waals surface area contributed by atoms with Gasteiger partial charge in [-0.1, -0.05) is 33.8 Å². The van der Waals surface area contributed by atoms with E-state index in [0.717, 1.165) is 0 Å². The maximum Gasteiger partial charge on any atom is 0.251 e. The fourth-order valence-electron chi connectivity index (χ4n) is 2.99. The lowest BCUT2D eigenvalue weighted by molar-refractivity contribution is -0.134. The van der Waals surface area contributed by atoms with Crippen LogP contribution in [0.5, 0.6) is 0 Å². The Morgan fingerprint density at radius 3 is 2.21 bits per heavy atom. The van der Waals surface area contributed by atoms with Gasteiger partial charge in [0.2, 0.25) is 15.9 Å². The molecule has 0 spiro atoms. The first-order valence-corrected chi connectivity index (χ1v) is 11.4. The van der Waals surface area contributed by atoms with E-state index in [1.165, 1.54) is 33.5 Å². The number of carbonyl (C=O) groups excluding carboxylic acids is 2. The summed E-state index contributed by atoms with van der Waals surface area (Å²) in [5.74, 6) is -0.979. The van der Waals surface area contributed by atoms with Gasteiger partial charge in [0, 0.05) is 31.7 Å². The van der Waals surface area contributed by atoms with Crippen molar-refractivity contribution in [3.05, 3.63) is 29.8 Å². The predicted octanol–water partition coefficient (Wildman–Crippen LogP) is 1.31. The van der Waals surface area contributed by atoms with Gasteiger partial charge in [-0.15, -0.1) is 0 Å². The fourth-order valence-corrected chi connectivity index (χ4v) is 4.49. The van der Waals surface area contributed by atoms with E-state index in [0.29, 0.717) is 19.6 Å². The Morgan fingerprint density at radius 2 is 1.72 bits per heavy atom. The minimum Gasteiger partial charge on any atom is -0.395 e. The van der Waals surface area contributed by atoms with Gasteiger partial charge >= 0.3 is 0 Å². The van der Waals surface area contributed by atoms with E-state index in [9.17, 15) is 18.0 Å². The van der Waals surface area contributed by atoms with E-state index in [1.807, 2.05) is 13.8 Å². The van der Waals surface area contributed by atoms with Crippen LogP contribution in [0.1, 0.15) is 45.0 Å². The first-order valence-electron chi connectivity index (χ1n) is 9.94. The van der Waals surface area contributed by atoms with E-state index < -0.39 is 22.0 Å². The molecule has 0 bridgehead atoms. The van der Waals surface area contributed by atoms with Crippen LogP contribution in [0.2, 0.25) is 0 Å². The molecule has 9 heteroatoms. The summed E-state index contributed by atoms with van der Waals surface area (Å²) < 4.78 is 26.8. The molecule has 0 saturated heterocycles. The summed E-state index contributed by atoms with van der Waals surface area (Å²) >= 11 is 0. The van der Waals surface area contributed by atoms with Gasteiger partial charge in [0.25, 0.3) is 5.91 Å². The number of aliphatic hydroxyl groups excluding tert-OH is 1. The number of nitrogens with one attached hydrogen (secondary N) is 1. The number of hydrogen-bond acceptors (Lipinski definition) is 5. The lowest BCUT2D eigenvalue weighted by Gasteiger charge is -2.28. The molecule has 1 rings (SSSR count). The topological polar surface area (TPSA) is 107 Å². The van der Waals surface area contributed by atoms with E-state index in [2.05, 4.69) is 5.32 Å². The van der Waals surface area contributed by atoms with Crippen molar-refractivity contribution in [3.8, 4) is 0 Å². The number of amides is 2. The Kier molecular flexibility index (Phi) is 9.75. The third-order valence-corrected chi connectivity index (χ3v) is 6.77. The molecule has 2 amide bonds. The molecular formula is C20H33N3O5S. The van der Waals surface area contributed by atoms with Gasteiger partial charge in [-0.2, -0.15) is 4.31 Å². The molecule has 0 saturated carbocycles. The molecule has 0 aromatic heterocycles. The average molecular weight is 428 g/mol. The van der Waals surface area contributed by atoms with E-state index >= 15 is 0 Å². The normalized spacial score (nSPS) is 12.8. The van der Waals surface area contributed by atoms with Crippen molar-refractivity contribution in [2.45, 2.75) is 45.6 Å². The van der Waals surface area contributed by atoms with Crippen molar-refractivity contribution in [1.29, 1.82) is 0 Å². The number of hydrogen-bond donors (Lipinski definition) is 2. The fraction of sp³-hybridized carbons (Fsp3) is 0.600. The number of nitrogens with zero attached hydrogens (tertiary/aromatic N) is 2. The number of aliphatic hydroxyl groups is 1. The van der Waals surface area contributed by atoms with Gasteiger partial charge in [0.05, 0.1) is 11.5 Å². The minimum atomic E-state index is -3.69. The second kappa shape index (κ2) is 11.3. The molecule has 0 aliphatic heterocycles. The van der Waals surface area contributed by atoms with Crippen molar-refractivity contribution < 1.29 is 23.1 Å². The molecule has 1 aromatic carbocycles. The highest BCUT2D eigenvalue weighted by atomic mass is 32.2. The summed E-state index contributed by atoms with van der Waals surface area (Å²) in [5, 5.41) is 11.9.